The second kappa shape index (κ2) is 5.82. The molecular weight excluding hydrogens is 353 g/mol. The average Bonchev–Trinajstić information content (AvgIpc) is 3.21. The molecule has 1 aromatic heterocycles. The predicted molar refractivity (Wildman–Crippen MR) is 88.0 cm³/mol. The Balaban J connectivity index is 1.69. The Kier molecular flexibility index (Phi) is 3.89. The normalized spacial score (nSPS) is 25.9. The maximum atomic E-state index is 14.1. The quantitative estimate of drug-likeness (QED) is 0.882. The Hall–Kier alpha value is -1.45. The third-order valence-corrected chi connectivity index (χ3v) is 7.42. The standard InChI is InChI=1S/C15H16FN3O3S2/c16-11-4-2-1-3-10(11)14-17-18-15(19(14)9-5-6-9)23-13-8-24(21,22)7-12(13)20/h1-4,9,12-13,20H,5-8H2/t12-,13-/m0/s1. The number of aliphatic hydroxyl groups excluding tert-OH is 1. The molecule has 0 bridgehead atoms. The van der Waals surface area contributed by atoms with Crippen LogP contribution in [0.5, 0.6) is 0 Å². The van der Waals surface area contributed by atoms with Gasteiger partial charge >= 0.3 is 0 Å². The van der Waals surface area contributed by atoms with Crippen LogP contribution in [0.1, 0.15) is 18.9 Å². The highest BCUT2D eigenvalue weighted by Crippen LogP contribution is 2.43. The van der Waals surface area contributed by atoms with E-state index in [1.54, 1.807) is 18.2 Å². The molecular formula is C15H16FN3O3S2. The van der Waals surface area contributed by atoms with Crippen molar-refractivity contribution in [2.24, 2.45) is 0 Å². The van der Waals surface area contributed by atoms with Crippen molar-refractivity contribution >= 4 is 21.6 Å². The van der Waals surface area contributed by atoms with Crippen molar-refractivity contribution in [2.45, 2.75) is 35.4 Å². The van der Waals surface area contributed by atoms with Crippen LogP contribution in [0.15, 0.2) is 29.4 Å². The minimum atomic E-state index is -3.22. The molecule has 1 aromatic carbocycles. The van der Waals surface area contributed by atoms with Gasteiger partial charge < -0.3 is 5.11 Å². The summed E-state index contributed by atoms with van der Waals surface area (Å²) < 4.78 is 39.3. The first-order valence-corrected chi connectivity index (χ1v) is 10.4. The van der Waals surface area contributed by atoms with Crippen LogP contribution >= 0.6 is 11.8 Å². The fourth-order valence-corrected chi connectivity index (χ4v) is 6.48. The van der Waals surface area contributed by atoms with Crippen molar-refractivity contribution in [3.63, 3.8) is 0 Å². The van der Waals surface area contributed by atoms with Crippen molar-refractivity contribution in [1.82, 2.24) is 14.8 Å². The van der Waals surface area contributed by atoms with Crippen molar-refractivity contribution in [3.05, 3.63) is 30.1 Å². The van der Waals surface area contributed by atoms with Crippen LogP contribution in [0.25, 0.3) is 11.4 Å². The van der Waals surface area contributed by atoms with Gasteiger partial charge in [0.25, 0.3) is 0 Å². The van der Waals surface area contributed by atoms with E-state index in [1.807, 2.05) is 4.57 Å². The molecule has 0 amide bonds. The number of benzene rings is 1. The molecule has 1 aliphatic carbocycles. The highest BCUT2D eigenvalue weighted by Gasteiger charge is 2.39. The van der Waals surface area contributed by atoms with E-state index in [4.69, 9.17) is 0 Å². The Morgan fingerprint density at radius 2 is 1.96 bits per heavy atom. The highest BCUT2D eigenvalue weighted by molar-refractivity contribution is 8.01. The van der Waals surface area contributed by atoms with E-state index >= 15 is 0 Å². The van der Waals surface area contributed by atoms with E-state index in [0.29, 0.717) is 16.5 Å². The van der Waals surface area contributed by atoms with Gasteiger partial charge in [-0.25, -0.2) is 12.8 Å². The van der Waals surface area contributed by atoms with Crippen LogP contribution in [0, 0.1) is 5.82 Å². The summed E-state index contributed by atoms with van der Waals surface area (Å²) in [5.74, 6) is -0.214. The van der Waals surface area contributed by atoms with Crippen molar-refractivity contribution in [3.8, 4) is 11.4 Å². The lowest BCUT2D eigenvalue weighted by Gasteiger charge is -2.13. The number of hydrogen-bond donors (Lipinski definition) is 1. The number of rotatable bonds is 4. The molecule has 2 aliphatic rings. The number of thioether (sulfide) groups is 1. The molecule has 0 unspecified atom stereocenters. The van der Waals surface area contributed by atoms with E-state index in [9.17, 15) is 17.9 Å². The summed E-state index contributed by atoms with van der Waals surface area (Å²) in [6.07, 6.45) is 0.998. The van der Waals surface area contributed by atoms with Crippen LogP contribution in [-0.2, 0) is 9.84 Å². The minimum Gasteiger partial charge on any atom is -0.391 e. The number of sulfone groups is 1. The van der Waals surface area contributed by atoms with Crippen LogP contribution in [-0.4, -0.2) is 51.1 Å². The second-order valence-corrected chi connectivity index (χ2v) is 9.55. The average molecular weight is 369 g/mol. The molecule has 24 heavy (non-hydrogen) atoms. The Morgan fingerprint density at radius 3 is 2.58 bits per heavy atom. The third kappa shape index (κ3) is 2.96. The molecule has 2 atom stereocenters. The summed E-state index contributed by atoms with van der Waals surface area (Å²) in [5, 5.41) is 18.3. The lowest BCUT2D eigenvalue weighted by molar-refractivity contribution is 0.207. The molecule has 1 saturated heterocycles. The molecule has 0 radical (unpaired) electrons. The first-order chi connectivity index (χ1) is 11.4. The molecule has 1 N–H and O–H groups in total. The third-order valence-electron chi connectivity index (χ3n) is 4.22. The Bertz CT molecular complexity index is 880. The molecule has 1 aliphatic heterocycles. The molecule has 4 rings (SSSR count). The highest BCUT2D eigenvalue weighted by atomic mass is 32.2. The maximum Gasteiger partial charge on any atom is 0.192 e. The summed E-state index contributed by atoms with van der Waals surface area (Å²) >= 11 is 1.22. The largest absolute Gasteiger partial charge is 0.391 e. The van der Waals surface area contributed by atoms with Gasteiger partial charge in [-0.3, -0.25) is 4.57 Å². The van der Waals surface area contributed by atoms with Crippen molar-refractivity contribution in [1.29, 1.82) is 0 Å². The van der Waals surface area contributed by atoms with Crippen LogP contribution < -0.4 is 0 Å². The minimum absolute atomic E-state index is 0.0780. The summed E-state index contributed by atoms with van der Waals surface area (Å²) in [4.78, 5) is 0. The second-order valence-electron chi connectivity index (χ2n) is 6.19. The van der Waals surface area contributed by atoms with Crippen LogP contribution in [0.3, 0.4) is 0 Å². The van der Waals surface area contributed by atoms with Gasteiger partial charge in [0.2, 0.25) is 0 Å². The number of nitrogens with zero attached hydrogens (tertiary/aromatic N) is 3. The van der Waals surface area contributed by atoms with Crippen molar-refractivity contribution < 1.29 is 17.9 Å². The van der Waals surface area contributed by atoms with Crippen molar-refractivity contribution in [2.75, 3.05) is 11.5 Å². The molecule has 2 fully saturated rings. The van der Waals surface area contributed by atoms with E-state index in [2.05, 4.69) is 10.2 Å². The molecule has 6 nitrogen and oxygen atoms in total. The Morgan fingerprint density at radius 1 is 1.21 bits per heavy atom. The summed E-state index contributed by atoms with van der Waals surface area (Å²) in [6.45, 7) is 0. The van der Waals surface area contributed by atoms with Gasteiger partial charge in [0.05, 0.1) is 28.4 Å². The topological polar surface area (TPSA) is 85.1 Å². The monoisotopic (exact) mass is 369 g/mol. The predicted octanol–water partition coefficient (Wildman–Crippen LogP) is 1.67. The SMILES string of the molecule is O=S1(=O)C[C@H](Sc2nnc(-c3ccccc3F)n2C2CC2)[C@@H](O)C1. The number of halogens is 1. The van der Waals surface area contributed by atoms with Gasteiger partial charge in [-0.05, 0) is 25.0 Å². The summed E-state index contributed by atoms with van der Waals surface area (Å²) in [7, 11) is -3.22. The zero-order chi connectivity index (χ0) is 16.9. The molecule has 1 saturated carbocycles. The van der Waals surface area contributed by atoms with Gasteiger partial charge in [-0.2, -0.15) is 0 Å². The van der Waals surface area contributed by atoms with Gasteiger partial charge in [-0.1, -0.05) is 23.9 Å². The van der Waals surface area contributed by atoms with Crippen LogP contribution in [0.2, 0.25) is 0 Å². The maximum absolute atomic E-state index is 14.1. The first kappa shape index (κ1) is 16.0. The van der Waals surface area contributed by atoms with Gasteiger partial charge in [0, 0.05) is 6.04 Å². The first-order valence-electron chi connectivity index (χ1n) is 7.69. The zero-order valence-electron chi connectivity index (χ0n) is 12.7. The zero-order valence-corrected chi connectivity index (χ0v) is 14.3. The fraction of sp³-hybridized carbons (Fsp3) is 0.467. The van der Waals surface area contributed by atoms with E-state index in [0.717, 1.165) is 12.8 Å². The van der Waals surface area contributed by atoms with Crippen LogP contribution in [0.4, 0.5) is 4.39 Å². The fourth-order valence-electron chi connectivity index (χ4n) is 2.89. The molecule has 2 aromatic rings. The van der Waals surface area contributed by atoms with E-state index in [-0.39, 0.29) is 23.4 Å². The summed E-state index contributed by atoms with van der Waals surface area (Å²) in [5.41, 5.74) is 0.378. The van der Waals surface area contributed by atoms with Gasteiger partial charge in [-0.15, -0.1) is 10.2 Å². The number of hydrogen-bond acceptors (Lipinski definition) is 6. The Labute approximate surface area is 143 Å². The van der Waals surface area contributed by atoms with E-state index < -0.39 is 21.2 Å². The molecule has 128 valence electrons. The molecule has 9 heteroatoms. The lowest BCUT2D eigenvalue weighted by atomic mass is 10.2. The smallest absolute Gasteiger partial charge is 0.192 e. The lowest BCUT2D eigenvalue weighted by Crippen LogP contribution is -2.20. The number of aromatic nitrogens is 3. The molecule has 2 heterocycles. The van der Waals surface area contributed by atoms with Gasteiger partial charge in [0.1, 0.15) is 5.82 Å². The molecule has 0 spiro atoms. The van der Waals surface area contributed by atoms with Gasteiger partial charge in [0.15, 0.2) is 20.8 Å². The summed E-state index contributed by atoms with van der Waals surface area (Å²) in [6, 6.07) is 6.59. The van der Waals surface area contributed by atoms with E-state index in [1.165, 1.54) is 17.8 Å². The number of aliphatic hydroxyl groups is 1.